The minimum Gasteiger partial charge on any atom is -0.373 e. The molecule has 1 fully saturated rings. The molecule has 182 valence electrons. The van der Waals surface area contributed by atoms with Crippen LogP contribution in [0.3, 0.4) is 0 Å². The highest BCUT2D eigenvalue weighted by Gasteiger charge is 2.21. The summed E-state index contributed by atoms with van der Waals surface area (Å²) in [5.74, 6) is 6.56. The third-order valence-electron chi connectivity index (χ3n) is 6.92. The van der Waals surface area contributed by atoms with Gasteiger partial charge in [0.05, 0.1) is 41.3 Å². The van der Waals surface area contributed by atoms with Crippen molar-refractivity contribution in [2.45, 2.75) is 58.0 Å². The number of nitrogens with zero attached hydrogens (tertiary/aromatic N) is 3. The Bertz CT molecular complexity index is 1240. The van der Waals surface area contributed by atoms with Crippen molar-refractivity contribution in [3.63, 3.8) is 0 Å². The molecule has 0 radical (unpaired) electrons. The van der Waals surface area contributed by atoms with E-state index in [2.05, 4.69) is 75.6 Å². The second-order valence-corrected chi connectivity index (χ2v) is 9.99. The van der Waals surface area contributed by atoms with Crippen LogP contribution >= 0.6 is 0 Å². The van der Waals surface area contributed by atoms with E-state index in [1.54, 1.807) is 6.20 Å². The third-order valence-corrected chi connectivity index (χ3v) is 6.92. The fourth-order valence-electron chi connectivity index (χ4n) is 4.57. The number of hydrogen-bond donors (Lipinski definition) is 3. The van der Waals surface area contributed by atoms with Crippen molar-refractivity contribution in [1.82, 2.24) is 20.2 Å². The molecule has 0 bridgehead atoms. The molecule has 0 spiro atoms. The van der Waals surface area contributed by atoms with Gasteiger partial charge in [0.1, 0.15) is 0 Å². The van der Waals surface area contributed by atoms with Gasteiger partial charge in [-0.05, 0) is 88.5 Å². The number of piperidine rings is 1. The normalized spacial score (nSPS) is 14.9. The first-order valence-corrected chi connectivity index (χ1v) is 12.6. The first-order valence-electron chi connectivity index (χ1n) is 12.6. The molecule has 4 rings (SSSR count). The summed E-state index contributed by atoms with van der Waals surface area (Å²) >= 11 is 0. The SMILES string of the molecule is CCc1c(C#CCNc2ccc(C(C)(C)C#N)nc2)[nH]c2cc(CNC3CCN(C)CC3)ccc12. The highest BCUT2D eigenvalue weighted by molar-refractivity contribution is 5.86. The Labute approximate surface area is 209 Å². The maximum Gasteiger partial charge on any atom is 0.0937 e. The monoisotopic (exact) mass is 468 g/mol. The quantitative estimate of drug-likeness (QED) is 0.443. The number of benzene rings is 1. The molecule has 1 aliphatic rings. The minimum atomic E-state index is -0.590. The summed E-state index contributed by atoms with van der Waals surface area (Å²) in [6.45, 7) is 9.68. The molecule has 0 unspecified atom stereocenters. The number of nitrogens with one attached hydrogen (secondary N) is 3. The zero-order chi connectivity index (χ0) is 24.8. The lowest BCUT2D eigenvalue weighted by Crippen LogP contribution is -2.40. The Morgan fingerprint density at radius 3 is 2.69 bits per heavy atom. The summed E-state index contributed by atoms with van der Waals surface area (Å²) in [5, 5.41) is 17.6. The first-order chi connectivity index (χ1) is 16.9. The molecule has 6 nitrogen and oxygen atoms in total. The van der Waals surface area contributed by atoms with Gasteiger partial charge in [0.15, 0.2) is 0 Å². The van der Waals surface area contributed by atoms with Gasteiger partial charge in [-0.15, -0.1) is 0 Å². The molecule has 35 heavy (non-hydrogen) atoms. The van der Waals surface area contributed by atoms with Crippen LogP contribution in [0.5, 0.6) is 0 Å². The Hall–Kier alpha value is -3.32. The summed E-state index contributed by atoms with van der Waals surface area (Å²) < 4.78 is 0. The van der Waals surface area contributed by atoms with E-state index in [0.717, 1.165) is 35.6 Å². The molecular weight excluding hydrogens is 432 g/mol. The van der Waals surface area contributed by atoms with Gasteiger partial charge >= 0.3 is 0 Å². The number of pyridine rings is 1. The Balaban J connectivity index is 1.39. The van der Waals surface area contributed by atoms with Crippen LogP contribution < -0.4 is 10.6 Å². The van der Waals surface area contributed by atoms with E-state index in [1.165, 1.54) is 42.4 Å². The van der Waals surface area contributed by atoms with Gasteiger partial charge in [0.25, 0.3) is 0 Å². The predicted octanol–water partition coefficient (Wildman–Crippen LogP) is 4.57. The van der Waals surface area contributed by atoms with Gasteiger partial charge in [0.2, 0.25) is 0 Å². The fourth-order valence-corrected chi connectivity index (χ4v) is 4.57. The molecule has 0 atom stereocenters. The van der Waals surface area contributed by atoms with E-state index in [4.69, 9.17) is 0 Å². The van der Waals surface area contributed by atoms with E-state index >= 15 is 0 Å². The maximum atomic E-state index is 9.27. The second-order valence-electron chi connectivity index (χ2n) is 9.99. The van der Waals surface area contributed by atoms with Crippen molar-refractivity contribution in [2.75, 3.05) is 32.0 Å². The van der Waals surface area contributed by atoms with Crippen LogP contribution in [0.1, 0.15) is 56.1 Å². The largest absolute Gasteiger partial charge is 0.373 e. The summed E-state index contributed by atoms with van der Waals surface area (Å²) in [6, 6.07) is 13.5. The summed E-state index contributed by atoms with van der Waals surface area (Å²) in [6.07, 6.45) is 5.13. The van der Waals surface area contributed by atoms with Crippen molar-refractivity contribution in [2.24, 2.45) is 0 Å². The topological polar surface area (TPSA) is 79.8 Å². The highest BCUT2D eigenvalue weighted by atomic mass is 15.1. The number of fused-ring (bicyclic) bond motifs is 1. The van der Waals surface area contributed by atoms with Crippen LogP contribution in [0.15, 0.2) is 36.5 Å². The van der Waals surface area contributed by atoms with E-state index in [1.807, 2.05) is 26.0 Å². The number of anilines is 1. The second kappa shape index (κ2) is 11.0. The van der Waals surface area contributed by atoms with Gasteiger partial charge in [0, 0.05) is 23.5 Å². The molecular formula is C29H36N6. The number of aryl methyl sites for hydroxylation is 1. The highest BCUT2D eigenvalue weighted by Crippen LogP contribution is 2.24. The van der Waals surface area contributed by atoms with Crippen molar-refractivity contribution in [3.8, 4) is 17.9 Å². The van der Waals surface area contributed by atoms with Gasteiger partial charge < -0.3 is 20.5 Å². The Morgan fingerprint density at radius 1 is 1.20 bits per heavy atom. The molecule has 3 heterocycles. The molecule has 0 aliphatic carbocycles. The fraction of sp³-hybridized carbons (Fsp3) is 0.448. The van der Waals surface area contributed by atoms with Crippen LogP contribution in [0.25, 0.3) is 10.9 Å². The van der Waals surface area contributed by atoms with Crippen LogP contribution in [-0.4, -0.2) is 47.6 Å². The number of aromatic nitrogens is 2. The van der Waals surface area contributed by atoms with Gasteiger partial charge in [-0.1, -0.05) is 25.0 Å². The number of rotatable bonds is 7. The van der Waals surface area contributed by atoms with Crippen LogP contribution in [0.2, 0.25) is 0 Å². The number of likely N-dealkylation sites (tertiary alicyclic amines) is 1. The minimum absolute atomic E-state index is 0.521. The van der Waals surface area contributed by atoms with Crippen molar-refractivity contribution >= 4 is 16.6 Å². The zero-order valence-electron chi connectivity index (χ0n) is 21.3. The molecule has 1 aliphatic heterocycles. The van der Waals surface area contributed by atoms with E-state index in [-0.39, 0.29) is 0 Å². The number of aromatic amines is 1. The van der Waals surface area contributed by atoms with Gasteiger partial charge in [-0.3, -0.25) is 4.98 Å². The Morgan fingerprint density at radius 2 is 2.00 bits per heavy atom. The van der Waals surface area contributed by atoms with E-state index in [9.17, 15) is 5.26 Å². The molecule has 3 aromatic rings. The lowest BCUT2D eigenvalue weighted by atomic mass is 9.91. The van der Waals surface area contributed by atoms with Crippen LogP contribution in [-0.2, 0) is 18.4 Å². The Kier molecular flexibility index (Phi) is 7.76. The number of H-pyrrole nitrogens is 1. The average molecular weight is 469 g/mol. The van der Waals surface area contributed by atoms with Crippen molar-refractivity contribution in [1.29, 1.82) is 5.26 Å². The number of hydrogen-bond acceptors (Lipinski definition) is 5. The van der Waals surface area contributed by atoms with E-state index < -0.39 is 5.41 Å². The maximum absolute atomic E-state index is 9.27. The molecule has 2 aromatic heterocycles. The van der Waals surface area contributed by atoms with Crippen molar-refractivity contribution < 1.29 is 0 Å². The van der Waals surface area contributed by atoms with Crippen LogP contribution in [0.4, 0.5) is 5.69 Å². The van der Waals surface area contributed by atoms with Gasteiger partial charge in [-0.2, -0.15) is 5.26 Å². The lowest BCUT2D eigenvalue weighted by Gasteiger charge is -2.29. The van der Waals surface area contributed by atoms with E-state index in [0.29, 0.717) is 12.6 Å². The number of nitriles is 1. The third kappa shape index (κ3) is 6.03. The molecule has 6 heteroatoms. The predicted molar refractivity (Wildman–Crippen MR) is 143 cm³/mol. The zero-order valence-corrected chi connectivity index (χ0v) is 21.3. The first kappa shape index (κ1) is 24.8. The summed E-state index contributed by atoms with van der Waals surface area (Å²) in [5.41, 5.74) is 5.79. The summed E-state index contributed by atoms with van der Waals surface area (Å²) in [7, 11) is 2.20. The average Bonchev–Trinajstić information content (AvgIpc) is 3.23. The molecule has 0 amide bonds. The smallest absolute Gasteiger partial charge is 0.0937 e. The summed E-state index contributed by atoms with van der Waals surface area (Å²) in [4.78, 5) is 10.4. The lowest BCUT2D eigenvalue weighted by molar-refractivity contribution is 0.234. The molecule has 1 saturated heterocycles. The van der Waals surface area contributed by atoms with Crippen LogP contribution in [0, 0.1) is 23.2 Å². The molecule has 1 aromatic carbocycles. The standard InChI is InChI=1S/C29H36N6/c1-5-24-25-10-8-21(18-32-22-12-15-35(4)16-13-22)17-27(25)34-26(24)7-6-14-31-23-9-11-28(33-19-23)29(2,3)20-30/h8-11,17,19,22,31-32,34H,5,12-16,18H2,1-4H3. The molecule has 0 saturated carbocycles. The van der Waals surface area contributed by atoms with Gasteiger partial charge in [-0.25, -0.2) is 0 Å². The molecule has 3 N–H and O–H groups in total. The van der Waals surface area contributed by atoms with Crippen molar-refractivity contribution in [3.05, 3.63) is 59.0 Å².